The molecule has 1 fully saturated rings. The Bertz CT molecular complexity index is 479. The molecule has 1 aliphatic heterocycles. The summed E-state index contributed by atoms with van der Waals surface area (Å²) in [5.41, 5.74) is 5.92. The molecule has 0 radical (unpaired) electrons. The third-order valence-corrected chi connectivity index (χ3v) is 3.96. The van der Waals surface area contributed by atoms with E-state index in [0.29, 0.717) is 5.92 Å². The topological polar surface area (TPSA) is 55.6 Å². The van der Waals surface area contributed by atoms with E-state index in [1.165, 1.54) is 6.07 Å². The van der Waals surface area contributed by atoms with Crippen LogP contribution in [-0.4, -0.2) is 36.5 Å². The van der Waals surface area contributed by atoms with Crippen LogP contribution in [0.2, 0.25) is 0 Å². The number of halogens is 1. The van der Waals surface area contributed by atoms with Crippen LogP contribution in [0.4, 0.5) is 4.39 Å². The van der Waals surface area contributed by atoms with Gasteiger partial charge in [-0.3, -0.25) is 4.79 Å². The van der Waals surface area contributed by atoms with Crippen molar-refractivity contribution < 1.29 is 13.9 Å². The summed E-state index contributed by atoms with van der Waals surface area (Å²) in [6, 6.07) is 6.32. The first-order valence-corrected chi connectivity index (χ1v) is 7.48. The average Bonchev–Trinajstić information content (AvgIpc) is 2.49. The second-order valence-electron chi connectivity index (χ2n) is 5.63. The van der Waals surface area contributed by atoms with Gasteiger partial charge in [0, 0.05) is 19.1 Å². The van der Waals surface area contributed by atoms with Gasteiger partial charge in [-0.05, 0) is 37.8 Å². The number of amides is 1. The Hall–Kier alpha value is -1.62. The van der Waals surface area contributed by atoms with Crippen molar-refractivity contribution in [2.24, 2.45) is 11.7 Å². The number of piperidine rings is 1. The third-order valence-electron chi connectivity index (χ3n) is 3.96. The summed E-state index contributed by atoms with van der Waals surface area (Å²) in [6.07, 6.45) is 2.33. The lowest BCUT2D eigenvalue weighted by atomic mass is 9.92. The molecule has 1 saturated heterocycles. The zero-order valence-electron chi connectivity index (χ0n) is 12.4. The first-order chi connectivity index (χ1) is 10.1. The van der Waals surface area contributed by atoms with Crippen molar-refractivity contribution in [2.75, 3.05) is 19.7 Å². The first-order valence-electron chi connectivity index (χ1n) is 7.48. The lowest BCUT2D eigenvalue weighted by Gasteiger charge is -2.34. The molecule has 0 aliphatic carbocycles. The predicted octanol–water partition coefficient (Wildman–Crippen LogP) is 2.18. The summed E-state index contributed by atoms with van der Waals surface area (Å²) < 4.78 is 18.7. The fourth-order valence-electron chi connectivity index (χ4n) is 2.63. The third kappa shape index (κ3) is 4.43. The summed E-state index contributed by atoms with van der Waals surface area (Å²) >= 11 is 0. The minimum absolute atomic E-state index is 0.0525. The van der Waals surface area contributed by atoms with Gasteiger partial charge in [-0.1, -0.05) is 12.1 Å². The molecule has 1 aromatic rings. The molecule has 116 valence electrons. The highest BCUT2D eigenvalue weighted by atomic mass is 19.1. The molecule has 4 nitrogen and oxygen atoms in total. The molecule has 5 heteroatoms. The summed E-state index contributed by atoms with van der Waals surface area (Å²) in [6.45, 7) is 3.68. The number of hydrogen-bond donors (Lipinski definition) is 1. The average molecular weight is 294 g/mol. The normalized spacial score (nSPS) is 20.1. The van der Waals surface area contributed by atoms with Crippen LogP contribution in [0.1, 0.15) is 26.2 Å². The van der Waals surface area contributed by atoms with E-state index in [-0.39, 0.29) is 30.7 Å². The molecule has 0 bridgehead atoms. The smallest absolute Gasteiger partial charge is 0.226 e. The molecule has 0 unspecified atom stereocenters. The maximum atomic E-state index is 13.4. The molecule has 1 aliphatic rings. The molecule has 1 heterocycles. The van der Waals surface area contributed by atoms with Crippen LogP contribution in [0, 0.1) is 11.7 Å². The van der Waals surface area contributed by atoms with E-state index in [1.807, 2.05) is 11.8 Å². The number of nitrogens with zero attached hydrogens (tertiary/aromatic N) is 1. The zero-order valence-corrected chi connectivity index (χ0v) is 12.4. The monoisotopic (exact) mass is 294 g/mol. The van der Waals surface area contributed by atoms with Crippen molar-refractivity contribution in [2.45, 2.75) is 32.2 Å². The van der Waals surface area contributed by atoms with E-state index in [9.17, 15) is 9.18 Å². The second kappa shape index (κ2) is 7.41. The largest absolute Gasteiger partial charge is 0.490 e. The first kappa shape index (κ1) is 15.8. The number of para-hydroxylation sites is 1. The van der Waals surface area contributed by atoms with Gasteiger partial charge in [0.2, 0.25) is 5.91 Å². The van der Waals surface area contributed by atoms with Crippen LogP contribution < -0.4 is 10.5 Å². The molecule has 21 heavy (non-hydrogen) atoms. The number of benzene rings is 1. The van der Waals surface area contributed by atoms with E-state index in [2.05, 4.69) is 0 Å². The lowest BCUT2D eigenvalue weighted by molar-refractivity contribution is -0.133. The maximum absolute atomic E-state index is 13.4. The summed E-state index contributed by atoms with van der Waals surface area (Å²) in [5.74, 6) is 0.212. The second-order valence-corrected chi connectivity index (χ2v) is 5.63. The predicted molar refractivity (Wildman–Crippen MR) is 79.5 cm³/mol. The van der Waals surface area contributed by atoms with Gasteiger partial charge in [-0.15, -0.1) is 0 Å². The van der Waals surface area contributed by atoms with E-state index in [1.54, 1.807) is 18.2 Å². The fraction of sp³-hybridized carbons (Fsp3) is 0.562. The number of hydrogen-bond acceptors (Lipinski definition) is 3. The van der Waals surface area contributed by atoms with Gasteiger partial charge >= 0.3 is 0 Å². The molecule has 0 aromatic heterocycles. The molecular formula is C16H23FN2O2. The Balaban J connectivity index is 1.78. The molecule has 0 spiro atoms. The van der Waals surface area contributed by atoms with Gasteiger partial charge in [-0.2, -0.15) is 0 Å². The van der Waals surface area contributed by atoms with E-state index >= 15 is 0 Å². The van der Waals surface area contributed by atoms with Gasteiger partial charge in [0.1, 0.15) is 0 Å². The van der Waals surface area contributed by atoms with Crippen molar-refractivity contribution in [3.05, 3.63) is 30.1 Å². The fourth-order valence-corrected chi connectivity index (χ4v) is 2.63. The summed E-state index contributed by atoms with van der Waals surface area (Å²) in [7, 11) is 0. The molecule has 0 saturated carbocycles. The van der Waals surface area contributed by atoms with Crippen LogP contribution >= 0.6 is 0 Å². The van der Waals surface area contributed by atoms with Crippen LogP contribution in [-0.2, 0) is 4.79 Å². The number of nitrogens with two attached hydrogens (primary N) is 1. The van der Waals surface area contributed by atoms with E-state index < -0.39 is 5.82 Å². The van der Waals surface area contributed by atoms with Gasteiger partial charge in [0.15, 0.2) is 11.6 Å². The molecule has 2 rings (SSSR count). The van der Waals surface area contributed by atoms with Gasteiger partial charge in [0.05, 0.1) is 13.0 Å². The highest BCUT2D eigenvalue weighted by Gasteiger charge is 2.25. The minimum Gasteiger partial charge on any atom is -0.490 e. The van der Waals surface area contributed by atoms with Crippen LogP contribution in [0.5, 0.6) is 5.75 Å². The Morgan fingerprint density at radius 1 is 1.52 bits per heavy atom. The molecule has 2 N–H and O–H groups in total. The van der Waals surface area contributed by atoms with Crippen LogP contribution in [0.3, 0.4) is 0 Å². The Kier molecular flexibility index (Phi) is 5.56. The Morgan fingerprint density at radius 3 is 3.00 bits per heavy atom. The van der Waals surface area contributed by atoms with Crippen LogP contribution in [0.25, 0.3) is 0 Å². The lowest BCUT2D eigenvalue weighted by Crippen LogP contribution is -2.45. The van der Waals surface area contributed by atoms with E-state index in [4.69, 9.17) is 10.5 Å². The molecule has 2 atom stereocenters. The highest BCUT2D eigenvalue weighted by molar-refractivity contribution is 5.76. The van der Waals surface area contributed by atoms with Crippen molar-refractivity contribution in [3.8, 4) is 5.75 Å². The number of rotatable bonds is 5. The Labute approximate surface area is 125 Å². The van der Waals surface area contributed by atoms with Gasteiger partial charge < -0.3 is 15.4 Å². The summed E-state index contributed by atoms with van der Waals surface area (Å²) in [5, 5.41) is 0. The van der Waals surface area contributed by atoms with Gasteiger partial charge in [0.25, 0.3) is 0 Å². The van der Waals surface area contributed by atoms with Crippen molar-refractivity contribution in [3.63, 3.8) is 0 Å². The van der Waals surface area contributed by atoms with Crippen molar-refractivity contribution in [1.29, 1.82) is 0 Å². The molecule has 1 amide bonds. The SMILES string of the molecule is C[C@@H](N)[C@@H]1CCCN(C(=O)CCOc2ccccc2F)C1. The standard InChI is InChI=1S/C16H23FN2O2/c1-12(18)13-5-4-9-19(11-13)16(20)8-10-21-15-7-3-2-6-14(15)17/h2-3,6-7,12-13H,4-5,8-11,18H2,1H3/t12-,13-/m1/s1. The summed E-state index contributed by atoms with van der Waals surface area (Å²) in [4.78, 5) is 14.0. The number of carbonyl (C=O) groups is 1. The quantitative estimate of drug-likeness (QED) is 0.905. The molecular weight excluding hydrogens is 271 g/mol. The van der Waals surface area contributed by atoms with E-state index in [0.717, 1.165) is 25.9 Å². The van der Waals surface area contributed by atoms with Gasteiger partial charge in [-0.25, -0.2) is 4.39 Å². The van der Waals surface area contributed by atoms with Crippen LogP contribution in [0.15, 0.2) is 24.3 Å². The highest BCUT2D eigenvalue weighted by Crippen LogP contribution is 2.20. The number of likely N-dealkylation sites (tertiary alicyclic amines) is 1. The maximum Gasteiger partial charge on any atom is 0.226 e. The van der Waals surface area contributed by atoms with Crippen molar-refractivity contribution >= 4 is 5.91 Å². The number of carbonyl (C=O) groups excluding carboxylic acids is 1. The van der Waals surface area contributed by atoms with Crippen molar-refractivity contribution in [1.82, 2.24) is 4.90 Å². The minimum atomic E-state index is -0.403. The Morgan fingerprint density at radius 2 is 2.29 bits per heavy atom. The molecule has 1 aromatic carbocycles. The zero-order chi connectivity index (χ0) is 15.2. The number of ether oxygens (including phenoxy) is 1.